The van der Waals surface area contributed by atoms with E-state index in [0.717, 1.165) is 28.5 Å². The minimum atomic E-state index is -0.229. The number of benzene rings is 1. The predicted molar refractivity (Wildman–Crippen MR) is 126 cm³/mol. The molecule has 7 nitrogen and oxygen atoms in total. The van der Waals surface area contributed by atoms with Gasteiger partial charge in [0.1, 0.15) is 10.7 Å². The first-order chi connectivity index (χ1) is 14.9. The third-order valence-corrected chi connectivity index (χ3v) is 7.24. The van der Waals surface area contributed by atoms with Crippen LogP contribution in [0.1, 0.15) is 39.1 Å². The molecular formula is C22H23N5O2S2. The number of aromatic nitrogens is 4. The number of aryl methyl sites for hydroxylation is 4. The Bertz CT molecular complexity index is 1340. The van der Waals surface area contributed by atoms with Crippen molar-refractivity contribution in [1.29, 1.82) is 0 Å². The summed E-state index contributed by atoms with van der Waals surface area (Å²) in [5.74, 6) is 0.826. The largest absolute Gasteiger partial charge is 0.326 e. The Hall–Kier alpha value is -2.91. The molecule has 0 aliphatic rings. The topological polar surface area (TPSA) is 92.7 Å². The highest BCUT2D eigenvalue weighted by atomic mass is 32.2. The lowest BCUT2D eigenvalue weighted by atomic mass is 10.1. The van der Waals surface area contributed by atoms with Gasteiger partial charge in [-0.25, -0.2) is 9.97 Å². The molecule has 4 rings (SSSR count). The van der Waals surface area contributed by atoms with E-state index in [1.54, 1.807) is 13.1 Å². The molecule has 0 atom stereocenters. The molecular weight excluding hydrogens is 430 g/mol. The Balaban J connectivity index is 1.61. The number of H-pyrrole nitrogens is 1. The number of rotatable bonds is 6. The van der Waals surface area contributed by atoms with E-state index >= 15 is 0 Å². The van der Waals surface area contributed by atoms with E-state index in [0.29, 0.717) is 32.2 Å². The quantitative estimate of drug-likeness (QED) is 0.414. The second-order valence-electron chi connectivity index (χ2n) is 7.31. The highest BCUT2D eigenvalue weighted by Crippen LogP contribution is 2.29. The minimum Gasteiger partial charge on any atom is -0.326 e. The molecule has 1 amide bonds. The van der Waals surface area contributed by atoms with Gasteiger partial charge in [0.25, 0.3) is 11.5 Å². The zero-order valence-electron chi connectivity index (χ0n) is 17.8. The summed E-state index contributed by atoms with van der Waals surface area (Å²) in [6.45, 7) is 8.64. The van der Waals surface area contributed by atoms with Crippen molar-refractivity contribution >= 4 is 44.9 Å². The van der Waals surface area contributed by atoms with Gasteiger partial charge in [-0.1, -0.05) is 29.5 Å². The van der Waals surface area contributed by atoms with Gasteiger partial charge in [0.2, 0.25) is 0 Å². The molecule has 0 bridgehead atoms. The van der Waals surface area contributed by atoms with Crippen LogP contribution in [-0.4, -0.2) is 25.4 Å². The number of carbonyl (C=O) groups excluding carboxylic acids is 1. The van der Waals surface area contributed by atoms with Crippen LogP contribution < -0.4 is 10.9 Å². The van der Waals surface area contributed by atoms with Gasteiger partial charge in [-0.2, -0.15) is 0 Å². The average Bonchev–Trinajstić information content (AvgIpc) is 3.32. The summed E-state index contributed by atoms with van der Waals surface area (Å²) in [5.41, 5.74) is 3.32. The summed E-state index contributed by atoms with van der Waals surface area (Å²) >= 11 is 2.76. The smallest absolute Gasteiger partial charge is 0.266 e. The number of nitrogens with one attached hydrogen (secondary N) is 2. The Morgan fingerprint density at radius 2 is 2.10 bits per heavy atom. The predicted octanol–water partition coefficient (Wildman–Crippen LogP) is 4.67. The van der Waals surface area contributed by atoms with Crippen LogP contribution in [0.3, 0.4) is 0 Å². The van der Waals surface area contributed by atoms with Gasteiger partial charge >= 0.3 is 0 Å². The molecule has 3 aromatic heterocycles. The maximum atomic E-state index is 12.9. The standard InChI is InChI=1S/C22H23N5O2S2/c1-5-27-9-8-23-22(27)30-11-16-25-19(28)17-14(4)18(31-21(17)26-16)20(29)24-15-7-6-12(2)10-13(15)3/h6-10H,5,11H2,1-4H3,(H,24,29)(H,25,26,28). The van der Waals surface area contributed by atoms with Gasteiger partial charge in [-0.05, 0) is 44.9 Å². The lowest BCUT2D eigenvalue weighted by molar-refractivity contribution is 0.103. The summed E-state index contributed by atoms with van der Waals surface area (Å²) in [4.78, 5) is 38.6. The Morgan fingerprint density at radius 3 is 2.84 bits per heavy atom. The average molecular weight is 454 g/mol. The lowest BCUT2D eigenvalue weighted by Gasteiger charge is -2.08. The van der Waals surface area contributed by atoms with E-state index in [2.05, 4.69) is 27.2 Å². The fraction of sp³-hybridized carbons (Fsp3) is 0.273. The van der Waals surface area contributed by atoms with E-state index in [1.807, 2.05) is 42.8 Å². The first-order valence-corrected chi connectivity index (χ1v) is 11.7. The van der Waals surface area contributed by atoms with E-state index in [-0.39, 0.29) is 11.5 Å². The maximum Gasteiger partial charge on any atom is 0.266 e. The fourth-order valence-electron chi connectivity index (χ4n) is 3.42. The molecule has 0 aliphatic carbocycles. The number of hydrogen-bond donors (Lipinski definition) is 2. The molecule has 1 aromatic carbocycles. The van der Waals surface area contributed by atoms with Gasteiger partial charge in [0.15, 0.2) is 5.16 Å². The third-order valence-electron chi connectivity index (χ3n) is 5.04. The molecule has 4 aromatic rings. The number of carbonyl (C=O) groups is 1. The van der Waals surface area contributed by atoms with E-state index in [1.165, 1.54) is 23.1 Å². The fourth-order valence-corrected chi connectivity index (χ4v) is 5.41. The minimum absolute atomic E-state index is 0.223. The number of thiophene rings is 1. The number of amides is 1. The number of imidazole rings is 1. The number of aromatic amines is 1. The number of hydrogen-bond acceptors (Lipinski definition) is 6. The van der Waals surface area contributed by atoms with Crippen LogP contribution in [0.2, 0.25) is 0 Å². The van der Waals surface area contributed by atoms with Gasteiger partial charge in [-0.3, -0.25) is 9.59 Å². The van der Waals surface area contributed by atoms with Crippen molar-refractivity contribution < 1.29 is 4.79 Å². The second kappa shape index (κ2) is 8.68. The van der Waals surface area contributed by atoms with E-state index < -0.39 is 0 Å². The highest BCUT2D eigenvalue weighted by Gasteiger charge is 2.20. The van der Waals surface area contributed by atoms with Gasteiger partial charge < -0.3 is 14.9 Å². The van der Waals surface area contributed by atoms with Crippen molar-refractivity contribution in [1.82, 2.24) is 19.5 Å². The number of nitrogens with zero attached hydrogens (tertiary/aromatic N) is 3. The number of thioether (sulfide) groups is 1. The molecule has 9 heteroatoms. The van der Waals surface area contributed by atoms with Gasteiger partial charge in [0, 0.05) is 24.6 Å². The van der Waals surface area contributed by atoms with Crippen molar-refractivity contribution in [2.45, 2.75) is 45.1 Å². The maximum absolute atomic E-state index is 12.9. The molecule has 0 spiro atoms. The molecule has 0 saturated carbocycles. The number of anilines is 1. The van der Waals surface area contributed by atoms with Crippen molar-refractivity contribution in [2.75, 3.05) is 5.32 Å². The van der Waals surface area contributed by atoms with E-state index in [4.69, 9.17) is 0 Å². The van der Waals surface area contributed by atoms with Gasteiger partial charge in [-0.15, -0.1) is 11.3 Å². The van der Waals surface area contributed by atoms with Crippen molar-refractivity contribution in [2.24, 2.45) is 0 Å². The Morgan fingerprint density at radius 1 is 1.29 bits per heavy atom. The normalized spacial score (nSPS) is 11.2. The Kier molecular flexibility index (Phi) is 5.97. The van der Waals surface area contributed by atoms with Crippen LogP contribution in [0, 0.1) is 20.8 Å². The van der Waals surface area contributed by atoms with E-state index in [9.17, 15) is 9.59 Å². The summed E-state index contributed by atoms with van der Waals surface area (Å²) in [5, 5.41) is 4.31. The molecule has 0 radical (unpaired) electrons. The van der Waals surface area contributed by atoms with Gasteiger partial charge in [0.05, 0.1) is 16.0 Å². The second-order valence-corrected chi connectivity index (χ2v) is 9.25. The molecule has 160 valence electrons. The van der Waals surface area contributed by atoms with Crippen LogP contribution in [0.15, 0.2) is 40.5 Å². The van der Waals surface area contributed by atoms with Crippen molar-refractivity contribution in [3.63, 3.8) is 0 Å². The van der Waals surface area contributed by atoms with Crippen molar-refractivity contribution in [3.05, 3.63) is 68.3 Å². The molecule has 2 N–H and O–H groups in total. The van der Waals surface area contributed by atoms with Crippen LogP contribution in [0.4, 0.5) is 5.69 Å². The number of fused-ring (bicyclic) bond motifs is 1. The highest BCUT2D eigenvalue weighted by molar-refractivity contribution is 7.98. The summed E-state index contributed by atoms with van der Waals surface area (Å²) < 4.78 is 2.03. The van der Waals surface area contributed by atoms with Crippen LogP contribution in [0.5, 0.6) is 0 Å². The zero-order valence-corrected chi connectivity index (χ0v) is 19.4. The summed E-state index contributed by atoms with van der Waals surface area (Å²) in [6.07, 6.45) is 3.68. The molecule has 3 heterocycles. The molecule has 0 aliphatic heterocycles. The van der Waals surface area contributed by atoms with Crippen LogP contribution in [0.25, 0.3) is 10.2 Å². The molecule has 31 heavy (non-hydrogen) atoms. The SMILES string of the molecule is CCn1ccnc1SCc1nc2sc(C(=O)Nc3ccc(C)cc3C)c(C)c2c(=O)[nH]1. The first-order valence-electron chi connectivity index (χ1n) is 9.92. The molecule has 0 fully saturated rings. The monoisotopic (exact) mass is 453 g/mol. The third kappa shape index (κ3) is 4.28. The van der Waals surface area contributed by atoms with Crippen molar-refractivity contribution in [3.8, 4) is 0 Å². The van der Waals surface area contributed by atoms with Crippen LogP contribution >= 0.6 is 23.1 Å². The first kappa shape index (κ1) is 21.3. The van der Waals surface area contributed by atoms with Crippen LogP contribution in [-0.2, 0) is 12.3 Å². The lowest BCUT2D eigenvalue weighted by Crippen LogP contribution is -2.13. The zero-order chi connectivity index (χ0) is 22.1. The Labute approximate surface area is 187 Å². The molecule has 0 unspecified atom stereocenters. The molecule has 0 saturated heterocycles. The summed E-state index contributed by atoms with van der Waals surface area (Å²) in [6, 6.07) is 5.87. The summed E-state index contributed by atoms with van der Waals surface area (Å²) in [7, 11) is 0.